The number of para-hydroxylation sites is 1. The Balaban J connectivity index is 1.32. The average molecular weight is 490 g/mol. The number of carbonyl (C=O) groups excluding carboxylic acids is 2. The molecule has 3 aliphatic heterocycles. The van der Waals surface area contributed by atoms with E-state index in [1.807, 2.05) is 36.4 Å². The van der Waals surface area contributed by atoms with Gasteiger partial charge in [0.1, 0.15) is 0 Å². The summed E-state index contributed by atoms with van der Waals surface area (Å²) in [5.41, 5.74) is 3.69. The van der Waals surface area contributed by atoms with E-state index in [-0.39, 0.29) is 37.9 Å². The molecule has 184 valence electrons. The van der Waals surface area contributed by atoms with Crippen molar-refractivity contribution < 1.29 is 28.0 Å². The summed E-state index contributed by atoms with van der Waals surface area (Å²) in [7, 11) is -3.96. The molecule has 1 aromatic rings. The van der Waals surface area contributed by atoms with Gasteiger partial charge < -0.3 is 9.64 Å². The first-order valence-corrected chi connectivity index (χ1v) is 13.1. The Hall–Kier alpha value is -2.53. The molecular weight excluding hydrogens is 458 g/mol. The monoisotopic (exact) mass is 489 g/mol. The summed E-state index contributed by atoms with van der Waals surface area (Å²) in [6.07, 6.45) is 9.25. The van der Waals surface area contributed by atoms with Gasteiger partial charge in [-0.05, 0) is 36.8 Å². The topological polar surface area (TPSA) is 116 Å². The van der Waals surface area contributed by atoms with E-state index in [0.29, 0.717) is 32.5 Å². The Morgan fingerprint density at radius 2 is 1.79 bits per heavy atom. The summed E-state index contributed by atoms with van der Waals surface area (Å²) in [5.74, 6) is -0.774. The Kier molecular flexibility index (Phi) is 7.51. The standard InChI is InChI=1S/C24H31N3O6S/c28-22(27-16-11-20-6-2-3-7-21(20)27)8-4-1-5-19-9-14-26(15-10-19)34(31,32)24(23(29)25-30)12-17-33-18-13-24/h1-8,19,30H,9-18H2,(H,25,29)/b5-1+,8-4+. The van der Waals surface area contributed by atoms with Crippen molar-refractivity contribution in [2.75, 3.05) is 37.7 Å². The summed E-state index contributed by atoms with van der Waals surface area (Å²) in [6, 6.07) is 7.91. The van der Waals surface area contributed by atoms with E-state index in [0.717, 1.165) is 12.1 Å². The normalized spacial score (nSPS) is 21.7. The van der Waals surface area contributed by atoms with E-state index in [9.17, 15) is 18.0 Å². The zero-order valence-corrected chi connectivity index (χ0v) is 19.9. The number of hydroxylamine groups is 1. The van der Waals surface area contributed by atoms with E-state index in [1.165, 1.54) is 9.87 Å². The molecular formula is C24H31N3O6S. The van der Waals surface area contributed by atoms with Crippen molar-refractivity contribution in [3.63, 3.8) is 0 Å². The first-order valence-electron chi connectivity index (χ1n) is 11.7. The molecule has 2 saturated heterocycles. The SMILES string of the molecule is O=C(/C=C/C=C/C1CCN(S(=O)(=O)C2(C(=O)NO)CCOCC2)CC1)N1CCc2ccccc21. The van der Waals surface area contributed by atoms with Gasteiger partial charge in [0.25, 0.3) is 11.8 Å². The number of amides is 2. The zero-order chi connectivity index (χ0) is 24.2. The number of hydrogen-bond acceptors (Lipinski definition) is 6. The molecule has 0 radical (unpaired) electrons. The number of piperidine rings is 1. The fourth-order valence-corrected chi connectivity index (χ4v) is 7.13. The number of benzene rings is 1. The number of carbonyl (C=O) groups is 2. The minimum Gasteiger partial charge on any atom is -0.381 e. The van der Waals surface area contributed by atoms with Crippen LogP contribution in [-0.4, -0.2) is 67.3 Å². The third kappa shape index (κ3) is 4.68. The van der Waals surface area contributed by atoms with Gasteiger partial charge in [0.05, 0.1) is 0 Å². The molecule has 2 fully saturated rings. The highest BCUT2D eigenvalue weighted by atomic mass is 32.2. The number of nitrogens with zero attached hydrogens (tertiary/aromatic N) is 2. The van der Waals surface area contributed by atoms with E-state index in [4.69, 9.17) is 9.94 Å². The van der Waals surface area contributed by atoms with Crippen LogP contribution in [0.15, 0.2) is 48.6 Å². The lowest BCUT2D eigenvalue weighted by Gasteiger charge is -2.40. The summed E-state index contributed by atoms with van der Waals surface area (Å²) >= 11 is 0. The fourth-order valence-electron chi connectivity index (χ4n) is 4.98. The summed E-state index contributed by atoms with van der Waals surface area (Å²) in [4.78, 5) is 26.7. The van der Waals surface area contributed by atoms with Gasteiger partial charge in [0.15, 0.2) is 4.75 Å². The molecule has 34 heavy (non-hydrogen) atoms. The first kappa shape index (κ1) is 24.6. The van der Waals surface area contributed by atoms with Crippen molar-refractivity contribution in [3.8, 4) is 0 Å². The predicted octanol–water partition coefficient (Wildman–Crippen LogP) is 1.78. The number of anilines is 1. The smallest absolute Gasteiger partial charge is 0.266 e. The minimum absolute atomic E-state index is 0.0157. The van der Waals surface area contributed by atoms with Crippen molar-refractivity contribution in [2.24, 2.45) is 5.92 Å². The average Bonchev–Trinajstić information content (AvgIpc) is 3.31. The molecule has 9 nitrogen and oxygen atoms in total. The van der Waals surface area contributed by atoms with Gasteiger partial charge in [0.2, 0.25) is 10.0 Å². The van der Waals surface area contributed by atoms with Crippen LogP contribution in [-0.2, 0) is 30.8 Å². The maximum Gasteiger partial charge on any atom is 0.266 e. The lowest BCUT2D eigenvalue weighted by molar-refractivity contribution is -0.134. The second kappa shape index (κ2) is 10.4. The number of allylic oxidation sites excluding steroid dienone is 3. The number of nitrogens with one attached hydrogen (secondary N) is 1. The maximum absolute atomic E-state index is 13.3. The van der Waals surface area contributed by atoms with Crippen LogP contribution < -0.4 is 10.4 Å². The van der Waals surface area contributed by atoms with E-state index in [1.54, 1.807) is 22.5 Å². The van der Waals surface area contributed by atoms with Gasteiger partial charge >= 0.3 is 0 Å². The maximum atomic E-state index is 13.3. The molecule has 0 spiro atoms. The molecule has 3 heterocycles. The van der Waals surface area contributed by atoms with Gasteiger partial charge in [-0.25, -0.2) is 18.2 Å². The van der Waals surface area contributed by atoms with Crippen LogP contribution in [0.3, 0.4) is 0 Å². The van der Waals surface area contributed by atoms with Crippen molar-refractivity contribution >= 4 is 27.5 Å². The van der Waals surface area contributed by atoms with Crippen LogP contribution in [0, 0.1) is 5.92 Å². The van der Waals surface area contributed by atoms with Crippen molar-refractivity contribution in [3.05, 3.63) is 54.1 Å². The molecule has 0 aliphatic carbocycles. The van der Waals surface area contributed by atoms with Crippen LogP contribution in [0.25, 0.3) is 0 Å². The van der Waals surface area contributed by atoms with Crippen molar-refractivity contribution in [1.29, 1.82) is 0 Å². The fraction of sp³-hybridized carbons (Fsp3) is 0.500. The Morgan fingerprint density at radius 3 is 2.50 bits per heavy atom. The second-order valence-corrected chi connectivity index (χ2v) is 11.1. The highest BCUT2D eigenvalue weighted by Crippen LogP contribution is 2.35. The molecule has 4 rings (SSSR count). The Labute approximate surface area is 200 Å². The summed E-state index contributed by atoms with van der Waals surface area (Å²) < 4.78 is 31.6. The van der Waals surface area contributed by atoms with Gasteiger partial charge in [-0.3, -0.25) is 14.8 Å². The third-order valence-corrected chi connectivity index (χ3v) is 9.66. The van der Waals surface area contributed by atoms with Gasteiger partial charge in [-0.2, -0.15) is 0 Å². The van der Waals surface area contributed by atoms with Gasteiger partial charge in [-0.1, -0.05) is 36.4 Å². The molecule has 2 amide bonds. The molecule has 0 atom stereocenters. The van der Waals surface area contributed by atoms with Crippen molar-refractivity contribution in [1.82, 2.24) is 9.79 Å². The highest BCUT2D eigenvalue weighted by molar-refractivity contribution is 7.91. The molecule has 2 N–H and O–H groups in total. The van der Waals surface area contributed by atoms with Crippen LogP contribution in [0.1, 0.15) is 31.2 Å². The lowest BCUT2D eigenvalue weighted by Crippen LogP contribution is -2.60. The minimum atomic E-state index is -3.96. The number of ether oxygens (including phenoxy) is 1. The molecule has 0 unspecified atom stereocenters. The van der Waals surface area contributed by atoms with Crippen molar-refractivity contribution in [2.45, 2.75) is 36.9 Å². The molecule has 10 heteroatoms. The number of fused-ring (bicyclic) bond motifs is 1. The molecule has 0 saturated carbocycles. The van der Waals surface area contributed by atoms with E-state index in [2.05, 4.69) is 0 Å². The van der Waals surface area contributed by atoms with Gasteiger partial charge in [0, 0.05) is 57.5 Å². The molecule has 0 aromatic heterocycles. The van der Waals surface area contributed by atoms with Crippen LogP contribution in [0.5, 0.6) is 0 Å². The quantitative estimate of drug-likeness (QED) is 0.272. The number of hydrogen-bond donors (Lipinski definition) is 2. The van der Waals surface area contributed by atoms with Crippen LogP contribution in [0.2, 0.25) is 0 Å². The molecule has 3 aliphatic rings. The van der Waals surface area contributed by atoms with E-state index < -0.39 is 20.7 Å². The Bertz CT molecular complexity index is 1070. The molecule has 1 aromatic carbocycles. The van der Waals surface area contributed by atoms with Gasteiger partial charge in [-0.15, -0.1) is 0 Å². The zero-order valence-electron chi connectivity index (χ0n) is 19.1. The van der Waals surface area contributed by atoms with E-state index >= 15 is 0 Å². The largest absolute Gasteiger partial charge is 0.381 e. The first-order chi connectivity index (χ1) is 16.4. The number of rotatable bonds is 6. The third-order valence-electron chi connectivity index (χ3n) is 7.03. The number of sulfonamides is 1. The highest BCUT2D eigenvalue weighted by Gasteiger charge is 2.54. The Morgan fingerprint density at radius 1 is 1.09 bits per heavy atom. The predicted molar refractivity (Wildman–Crippen MR) is 127 cm³/mol. The lowest BCUT2D eigenvalue weighted by atomic mass is 9.97. The summed E-state index contributed by atoms with van der Waals surface area (Å²) in [6.45, 7) is 1.58. The summed E-state index contributed by atoms with van der Waals surface area (Å²) in [5, 5.41) is 9.17. The van der Waals surface area contributed by atoms with Crippen LogP contribution >= 0.6 is 0 Å². The van der Waals surface area contributed by atoms with Crippen LogP contribution in [0.4, 0.5) is 5.69 Å². The molecule has 0 bridgehead atoms. The second-order valence-electron chi connectivity index (χ2n) is 8.90.